The fourth-order valence-electron chi connectivity index (χ4n) is 6.97. The van der Waals surface area contributed by atoms with Gasteiger partial charge in [0.05, 0.1) is 34.4 Å². The molecule has 1 N–H and O–H groups in total. The van der Waals surface area contributed by atoms with Crippen LogP contribution in [0.4, 0.5) is 0 Å². The molecule has 0 aromatic rings. The number of ether oxygens (including phenoxy) is 2. The van der Waals surface area contributed by atoms with E-state index in [4.69, 9.17) is 18.5 Å². The molecule has 0 heterocycles. The summed E-state index contributed by atoms with van der Waals surface area (Å²) in [5.41, 5.74) is 0. The summed E-state index contributed by atoms with van der Waals surface area (Å²) in [7, 11) is 1.69. The van der Waals surface area contributed by atoms with Crippen molar-refractivity contribution in [1.82, 2.24) is 0 Å². The number of phosphoric ester groups is 1. The van der Waals surface area contributed by atoms with Crippen molar-refractivity contribution < 1.29 is 37.3 Å². The number of unbranched alkanes of at least 4 members (excludes halogenated alkanes) is 31. The predicted octanol–water partition coefficient (Wildman–Crippen LogP) is 14.1. The molecule has 9 heteroatoms. The summed E-state index contributed by atoms with van der Waals surface area (Å²) in [5.74, 6) is -0.307. The zero-order chi connectivity index (χ0) is 40.6. The number of nitrogens with zero attached hydrogens (tertiary/aromatic N) is 1. The first-order valence-corrected chi connectivity index (χ1v) is 25.3. The average molecular weight is 805 g/mol. The van der Waals surface area contributed by atoms with Gasteiger partial charge < -0.3 is 18.9 Å². The van der Waals surface area contributed by atoms with E-state index in [9.17, 15) is 14.3 Å². The van der Waals surface area contributed by atoms with Gasteiger partial charge in [-0.3, -0.25) is 13.8 Å². The number of esters is 1. The number of rotatable bonds is 45. The molecule has 0 radical (unpaired) electrons. The second-order valence-corrected chi connectivity index (χ2v) is 19.0. The van der Waals surface area contributed by atoms with E-state index in [1.165, 1.54) is 180 Å². The Bertz CT molecular complexity index is 853. The first-order valence-electron chi connectivity index (χ1n) is 23.8. The molecular weight excluding hydrogens is 709 g/mol. The predicted molar refractivity (Wildman–Crippen MR) is 234 cm³/mol. The average Bonchev–Trinajstić information content (AvgIpc) is 3.13. The highest BCUT2D eigenvalue weighted by atomic mass is 31.2. The van der Waals surface area contributed by atoms with Gasteiger partial charge in [-0.05, 0) is 12.8 Å². The minimum absolute atomic E-state index is 0.0940. The quantitative estimate of drug-likeness (QED) is 0.0284. The van der Waals surface area contributed by atoms with Crippen molar-refractivity contribution in [3.05, 3.63) is 0 Å². The molecule has 0 aliphatic heterocycles. The lowest BCUT2D eigenvalue weighted by molar-refractivity contribution is -0.870. The third kappa shape index (κ3) is 44.4. The molecule has 0 fully saturated rings. The molecule has 0 amide bonds. The molecule has 8 nitrogen and oxygen atoms in total. The summed E-state index contributed by atoms with van der Waals surface area (Å²) < 4.78 is 35.1. The second-order valence-electron chi connectivity index (χ2n) is 17.5. The maximum Gasteiger partial charge on any atom is 0.472 e. The highest BCUT2D eigenvalue weighted by Crippen LogP contribution is 2.43. The van der Waals surface area contributed by atoms with Crippen molar-refractivity contribution in [1.29, 1.82) is 0 Å². The lowest BCUT2D eigenvalue weighted by Gasteiger charge is -2.24. The first-order chi connectivity index (χ1) is 26.6. The fourth-order valence-corrected chi connectivity index (χ4v) is 7.71. The Hall–Kier alpha value is -0.500. The van der Waals surface area contributed by atoms with Crippen LogP contribution in [0.2, 0.25) is 0 Å². The maximum atomic E-state index is 12.7. The van der Waals surface area contributed by atoms with Gasteiger partial charge >= 0.3 is 13.8 Å². The number of likely N-dealkylation sites (N-methyl/N-ethyl adjacent to an activating group) is 1. The summed E-state index contributed by atoms with van der Waals surface area (Å²) in [6, 6.07) is 0. The summed E-state index contributed by atoms with van der Waals surface area (Å²) in [5, 5.41) is 0. The Labute approximate surface area is 342 Å². The largest absolute Gasteiger partial charge is 0.472 e. The molecule has 0 saturated heterocycles. The molecule has 0 spiro atoms. The van der Waals surface area contributed by atoms with Gasteiger partial charge in [0.1, 0.15) is 19.3 Å². The lowest BCUT2D eigenvalue weighted by Crippen LogP contribution is -2.37. The summed E-state index contributed by atoms with van der Waals surface area (Å²) in [6.07, 6.45) is 42.7. The Balaban J connectivity index is 4.13. The van der Waals surface area contributed by atoms with Crippen LogP contribution in [0.1, 0.15) is 232 Å². The molecule has 0 aromatic carbocycles. The standard InChI is InChI=1S/C46H94NO7P/c1-6-8-10-12-14-16-18-20-22-23-24-26-28-30-32-34-36-38-41-51-43-45(44-53-55(49,50)52-42-40-47(3,4)5)54-46(48)39-37-35-33-31-29-27-25-21-19-17-15-13-11-9-7-2/h45H,6-44H2,1-5H3/p+1. The van der Waals surface area contributed by atoms with Crippen LogP contribution in [0, 0.1) is 0 Å². The summed E-state index contributed by atoms with van der Waals surface area (Å²) in [4.78, 5) is 22.9. The van der Waals surface area contributed by atoms with E-state index in [-0.39, 0.29) is 25.8 Å². The number of carbonyl (C=O) groups excluding carboxylic acids is 1. The monoisotopic (exact) mass is 805 g/mol. The van der Waals surface area contributed by atoms with Crippen molar-refractivity contribution in [2.24, 2.45) is 0 Å². The third-order valence-electron chi connectivity index (χ3n) is 10.7. The second kappa shape index (κ2) is 40.3. The lowest BCUT2D eigenvalue weighted by atomic mass is 10.0. The van der Waals surface area contributed by atoms with Crippen LogP contribution >= 0.6 is 7.82 Å². The smallest absolute Gasteiger partial charge is 0.457 e. The minimum Gasteiger partial charge on any atom is -0.457 e. The van der Waals surface area contributed by atoms with Gasteiger partial charge in [0.2, 0.25) is 0 Å². The number of hydrogen-bond acceptors (Lipinski definition) is 6. The van der Waals surface area contributed by atoms with E-state index >= 15 is 0 Å². The van der Waals surface area contributed by atoms with Crippen molar-refractivity contribution in [3.8, 4) is 0 Å². The molecule has 0 bridgehead atoms. The zero-order valence-corrected chi connectivity index (χ0v) is 38.3. The van der Waals surface area contributed by atoms with Gasteiger partial charge in [-0.1, -0.05) is 213 Å². The van der Waals surface area contributed by atoms with E-state index in [1.807, 2.05) is 21.1 Å². The van der Waals surface area contributed by atoms with Gasteiger partial charge in [0.25, 0.3) is 0 Å². The van der Waals surface area contributed by atoms with Crippen LogP contribution in [-0.4, -0.2) is 75.6 Å². The molecule has 2 unspecified atom stereocenters. The molecule has 55 heavy (non-hydrogen) atoms. The van der Waals surface area contributed by atoms with Crippen LogP contribution < -0.4 is 0 Å². The highest BCUT2D eigenvalue weighted by Gasteiger charge is 2.26. The van der Waals surface area contributed by atoms with Crippen LogP contribution in [0.5, 0.6) is 0 Å². The Morgan fingerprint density at radius 3 is 1.20 bits per heavy atom. The first kappa shape index (κ1) is 54.5. The molecule has 0 aliphatic rings. The fraction of sp³-hybridized carbons (Fsp3) is 0.978. The van der Waals surface area contributed by atoms with Gasteiger partial charge in [-0.15, -0.1) is 0 Å². The van der Waals surface area contributed by atoms with Gasteiger partial charge in [-0.2, -0.15) is 0 Å². The van der Waals surface area contributed by atoms with Crippen molar-refractivity contribution in [3.63, 3.8) is 0 Å². The number of carbonyl (C=O) groups is 1. The highest BCUT2D eigenvalue weighted by molar-refractivity contribution is 7.47. The van der Waals surface area contributed by atoms with E-state index in [0.717, 1.165) is 32.1 Å². The minimum atomic E-state index is -4.27. The van der Waals surface area contributed by atoms with Gasteiger partial charge in [-0.25, -0.2) is 4.57 Å². The molecule has 0 aromatic heterocycles. The van der Waals surface area contributed by atoms with Gasteiger partial charge in [0.15, 0.2) is 0 Å². The molecule has 0 rings (SSSR count). The molecule has 0 aliphatic carbocycles. The number of phosphoric acid groups is 1. The Morgan fingerprint density at radius 1 is 0.491 bits per heavy atom. The van der Waals surface area contributed by atoms with Gasteiger partial charge in [0, 0.05) is 13.0 Å². The zero-order valence-electron chi connectivity index (χ0n) is 37.4. The van der Waals surface area contributed by atoms with Crippen molar-refractivity contribution >= 4 is 13.8 Å². The third-order valence-corrected chi connectivity index (χ3v) is 11.7. The Kier molecular flexibility index (Phi) is 39.9. The van der Waals surface area contributed by atoms with E-state index in [2.05, 4.69) is 13.8 Å². The van der Waals surface area contributed by atoms with E-state index in [1.54, 1.807) is 0 Å². The van der Waals surface area contributed by atoms with Crippen LogP contribution in [0.25, 0.3) is 0 Å². The van der Waals surface area contributed by atoms with E-state index < -0.39 is 13.9 Å². The summed E-state index contributed by atoms with van der Waals surface area (Å²) >= 11 is 0. The molecular formula is C46H95NO7P+. The SMILES string of the molecule is CCCCCCCCCCCCCCCCCCCCOCC(COP(=O)(O)OCC[N+](C)(C)C)OC(=O)CCCCCCCCCCCCCCCCC. The normalized spacial score (nSPS) is 13.6. The number of quaternary nitrogens is 1. The van der Waals surface area contributed by atoms with Crippen LogP contribution in [0.3, 0.4) is 0 Å². The van der Waals surface area contributed by atoms with Crippen LogP contribution in [0.15, 0.2) is 0 Å². The Morgan fingerprint density at radius 2 is 0.836 bits per heavy atom. The molecule has 2 atom stereocenters. The van der Waals surface area contributed by atoms with Crippen molar-refractivity contribution in [2.45, 2.75) is 238 Å². The topological polar surface area (TPSA) is 91.3 Å². The van der Waals surface area contributed by atoms with Crippen molar-refractivity contribution in [2.75, 3.05) is 54.1 Å². The maximum absolute atomic E-state index is 12.7. The molecule has 0 saturated carbocycles. The van der Waals surface area contributed by atoms with E-state index in [0.29, 0.717) is 24.1 Å². The summed E-state index contributed by atoms with van der Waals surface area (Å²) in [6.45, 7) is 5.69. The molecule has 330 valence electrons. The number of hydrogen-bond donors (Lipinski definition) is 1. The van der Waals surface area contributed by atoms with Crippen LogP contribution in [-0.2, 0) is 27.9 Å².